The van der Waals surface area contributed by atoms with E-state index in [0.717, 1.165) is 10.7 Å². The van der Waals surface area contributed by atoms with Crippen LogP contribution in [-0.2, 0) is 0 Å². The molecule has 0 unspecified atom stereocenters. The van der Waals surface area contributed by atoms with Crippen LogP contribution in [0.1, 0.15) is 20.8 Å². The highest BCUT2D eigenvalue weighted by atomic mass is 16.2. The Kier molecular flexibility index (Phi) is 2.68. The molecular weight excluding hydrogens is 244 g/mol. The summed E-state index contributed by atoms with van der Waals surface area (Å²) in [5, 5.41) is 2.98. The monoisotopic (exact) mass is 255 g/mol. The van der Waals surface area contributed by atoms with Gasteiger partial charge in [-0.25, -0.2) is 9.88 Å². The molecule has 3 rings (SSSR count). The van der Waals surface area contributed by atoms with Gasteiger partial charge in [-0.15, -0.1) is 0 Å². The van der Waals surface area contributed by atoms with Crippen LogP contribution in [0.3, 0.4) is 0 Å². The van der Waals surface area contributed by atoms with Gasteiger partial charge in [0.05, 0.1) is 11.8 Å². The molecule has 6 heteroatoms. The normalized spacial score (nSPS) is 13.6. The third-order valence-electron chi connectivity index (χ3n) is 2.87. The van der Waals surface area contributed by atoms with Gasteiger partial charge < -0.3 is 0 Å². The predicted octanol–water partition coefficient (Wildman–Crippen LogP) is 0.561. The Morgan fingerprint density at radius 2 is 2.05 bits per heavy atom. The Labute approximate surface area is 109 Å². The zero-order valence-electron chi connectivity index (χ0n) is 9.96. The number of aromatic nitrogens is 2. The standard InChI is InChI=1S/C13H10N4O2/c18-12-9-4-3-7-15-11(9)13(19)17(12)8-16-10-5-1-2-6-14-10/h1-7H,8H2,(H,14,16)/p+1. The lowest BCUT2D eigenvalue weighted by molar-refractivity contribution is -0.361. The summed E-state index contributed by atoms with van der Waals surface area (Å²) in [6, 6.07) is 8.76. The molecule has 94 valence electrons. The van der Waals surface area contributed by atoms with Crippen LogP contribution in [0.2, 0.25) is 0 Å². The van der Waals surface area contributed by atoms with Crippen LogP contribution in [-0.4, -0.2) is 28.4 Å². The molecule has 0 radical (unpaired) electrons. The molecule has 0 aromatic carbocycles. The first kappa shape index (κ1) is 11.3. The molecule has 2 aromatic rings. The van der Waals surface area contributed by atoms with Crippen LogP contribution in [0.5, 0.6) is 0 Å². The molecule has 2 N–H and O–H groups in total. The Hall–Kier alpha value is -2.76. The van der Waals surface area contributed by atoms with Gasteiger partial charge in [-0.05, 0) is 18.2 Å². The van der Waals surface area contributed by atoms with E-state index in [1.54, 1.807) is 18.3 Å². The van der Waals surface area contributed by atoms with Gasteiger partial charge in [0, 0.05) is 12.3 Å². The largest absolute Gasteiger partial charge is 0.283 e. The molecule has 2 amide bonds. The van der Waals surface area contributed by atoms with Crippen molar-refractivity contribution in [1.82, 2.24) is 9.88 Å². The van der Waals surface area contributed by atoms with Crippen LogP contribution in [0.15, 0.2) is 42.7 Å². The van der Waals surface area contributed by atoms with E-state index in [-0.39, 0.29) is 24.2 Å². The number of nitrogens with zero attached hydrogens (tertiary/aromatic N) is 2. The summed E-state index contributed by atoms with van der Waals surface area (Å²) in [4.78, 5) is 32.1. The third kappa shape index (κ3) is 1.93. The molecule has 1 aliphatic rings. The smallest absolute Gasteiger partial charge is 0.268 e. The van der Waals surface area contributed by atoms with Crippen molar-refractivity contribution in [3.63, 3.8) is 0 Å². The van der Waals surface area contributed by atoms with E-state index in [1.165, 1.54) is 6.20 Å². The van der Waals surface area contributed by atoms with Crippen molar-refractivity contribution in [2.75, 3.05) is 12.0 Å². The molecule has 0 aliphatic carbocycles. The number of aromatic amines is 1. The number of pyridine rings is 2. The van der Waals surface area contributed by atoms with Crippen molar-refractivity contribution in [2.24, 2.45) is 0 Å². The summed E-state index contributed by atoms with van der Waals surface area (Å²) < 4.78 is 0. The van der Waals surface area contributed by atoms with Crippen molar-refractivity contribution in [3.8, 4) is 0 Å². The lowest BCUT2D eigenvalue weighted by Gasteiger charge is -2.10. The Balaban J connectivity index is 1.78. The maximum atomic E-state index is 12.0. The van der Waals surface area contributed by atoms with Crippen molar-refractivity contribution in [1.29, 1.82) is 0 Å². The Morgan fingerprint density at radius 1 is 1.16 bits per heavy atom. The molecule has 0 bridgehead atoms. The fourth-order valence-electron chi connectivity index (χ4n) is 1.92. The van der Waals surface area contributed by atoms with Crippen LogP contribution < -0.4 is 10.3 Å². The minimum absolute atomic E-state index is 0.106. The second-order valence-corrected chi connectivity index (χ2v) is 4.05. The lowest BCUT2D eigenvalue weighted by atomic mass is 10.2. The predicted molar refractivity (Wildman–Crippen MR) is 66.2 cm³/mol. The quantitative estimate of drug-likeness (QED) is 0.813. The van der Waals surface area contributed by atoms with Gasteiger partial charge in [0.1, 0.15) is 5.69 Å². The molecule has 0 saturated carbocycles. The van der Waals surface area contributed by atoms with Gasteiger partial charge in [-0.3, -0.25) is 19.9 Å². The van der Waals surface area contributed by atoms with Crippen molar-refractivity contribution < 1.29 is 14.6 Å². The minimum Gasteiger partial charge on any atom is -0.268 e. The zero-order chi connectivity index (χ0) is 13.2. The zero-order valence-corrected chi connectivity index (χ0v) is 9.96. The van der Waals surface area contributed by atoms with E-state index < -0.39 is 0 Å². The van der Waals surface area contributed by atoms with E-state index in [2.05, 4.69) is 15.3 Å². The van der Waals surface area contributed by atoms with Crippen LogP contribution in [0.4, 0.5) is 5.82 Å². The first-order chi connectivity index (χ1) is 9.27. The average molecular weight is 255 g/mol. The van der Waals surface area contributed by atoms with Gasteiger partial charge in [0.2, 0.25) is 0 Å². The second-order valence-electron chi connectivity index (χ2n) is 4.05. The van der Waals surface area contributed by atoms with E-state index in [9.17, 15) is 9.59 Å². The molecule has 0 fully saturated rings. The van der Waals surface area contributed by atoms with Crippen LogP contribution >= 0.6 is 0 Å². The SMILES string of the molecule is O=C1c2cccnc2C(=O)N1CNc1cccc[nH+]1. The minimum atomic E-state index is -0.371. The number of fused-ring (bicyclic) bond motifs is 1. The molecule has 19 heavy (non-hydrogen) atoms. The number of carbonyl (C=O) groups excluding carboxylic acids is 2. The molecule has 0 atom stereocenters. The first-order valence-corrected chi connectivity index (χ1v) is 5.79. The van der Waals surface area contributed by atoms with Crippen molar-refractivity contribution in [2.45, 2.75) is 0 Å². The maximum Gasteiger partial charge on any atom is 0.283 e. The summed E-state index contributed by atoms with van der Waals surface area (Å²) in [6.07, 6.45) is 3.26. The van der Waals surface area contributed by atoms with E-state index in [4.69, 9.17) is 0 Å². The highest BCUT2D eigenvalue weighted by Gasteiger charge is 2.37. The highest BCUT2D eigenvalue weighted by Crippen LogP contribution is 2.19. The second kappa shape index (κ2) is 4.49. The van der Waals surface area contributed by atoms with Gasteiger partial charge in [-0.1, -0.05) is 6.07 Å². The van der Waals surface area contributed by atoms with Gasteiger partial charge >= 0.3 is 0 Å². The first-order valence-electron chi connectivity index (χ1n) is 5.79. The number of carbonyl (C=O) groups is 2. The summed E-state index contributed by atoms with van der Waals surface area (Å²) >= 11 is 0. The third-order valence-corrected chi connectivity index (χ3v) is 2.87. The van der Waals surface area contributed by atoms with Crippen LogP contribution in [0, 0.1) is 0 Å². The molecule has 0 spiro atoms. The number of rotatable bonds is 3. The summed E-state index contributed by atoms with van der Waals surface area (Å²) in [7, 11) is 0. The average Bonchev–Trinajstić information content (AvgIpc) is 2.71. The Bertz CT molecular complexity index is 607. The summed E-state index contributed by atoms with van der Waals surface area (Å²) in [6.45, 7) is 0.106. The lowest BCUT2D eigenvalue weighted by Crippen LogP contribution is -2.35. The van der Waals surface area contributed by atoms with Crippen molar-refractivity contribution in [3.05, 3.63) is 54.0 Å². The number of hydrogen-bond acceptors (Lipinski definition) is 4. The summed E-state index contributed by atoms with van der Waals surface area (Å²) in [5.74, 6) is 0.0348. The highest BCUT2D eigenvalue weighted by molar-refractivity contribution is 6.20. The van der Waals surface area contributed by atoms with Gasteiger partial charge in [0.25, 0.3) is 17.6 Å². The number of nitrogens with one attached hydrogen (secondary N) is 2. The fraction of sp³-hybridized carbons (Fsp3) is 0.0769. The number of H-pyrrole nitrogens is 1. The van der Waals surface area contributed by atoms with Gasteiger partial charge in [-0.2, -0.15) is 0 Å². The fourth-order valence-corrected chi connectivity index (χ4v) is 1.92. The molecule has 3 heterocycles. The molecule has 0 saturated heterocycles. The molecular formula is C13H11N4O2+. The number of hydrogen-bond donors (Lipinski definition) is 1. The Morgan fingerprint density at radius 3 is 2.79 bits per heavy atom. The van der Waals surface area contributed by atoms with E-state index in [1.807, 2.05) is 18.2 Å². The number of amides is 2. The maximum absolute atomic E-state index is 12.0. The number of imide groups is 1. The summed E-state index contributed by atoms with van der Waals surface area (Å²) in [5.41, 5.74) is 0.567. The van der Waals surface area contributed by atoms with Crippen molar-refractivity contribution >= 4 is 17.6 Å². The van der Waals surface area contributed by atoms with E-state index >= 15 is 0 Å². The molecule has 1 aliphatic heterocycles. The number of anilines is 1. The van der Waals surface area contributed by atoms with Gasteiger partial charge in [0.15, 0.2) is 6.67 Å². The van der Waals surface area contributed by atoms with Crippen LogP contribution in [0.25, 0.3) is 0 Å². The molecule has 2 aromatic heterocycles. The topological polar surface area (TPSA) is 76.4 Å². The molecule has 6 nitrogen and oxygen atoms in total. The van der Waals surface area contributed by atoms with E-state index in [0.29, 0.717) is 5.56 Å².